The number of hydrogen-bond acceptors (Lipinski definition) is 8. The van der Waals surface area contributed by atoms with E-state index in [0.717, 1.165) is 75.0 Å². The largest absolute Gasteiger partial charge is 0.619 e. The molecule has 0 aliphatic rings. The van der Waals surface area contributed by atoms with Gasteiger partial charge < -0.3 is 21.0 Å². The van der Waals surface area contributed by atoms with Crippen LogP contribution in [0.3, 0.4) is 0 Å². The van der Waals surface area contributed by atoms with Gasteiger partial charge >= 0.3 is 0 Å². The van der Waals surface area contributed by atoms with Gasteiger partial charge in [-0.3, -0.25) is 0 Å². The summed E-state index contributed by atoms with van der Waals surface area (Å²) in [5, 5.41) is 38.0. The van der Waals surface area contributed by atoms with Gasteiger partial charge in [-0.1, -0.05) is 60.7 Å². The minimum Gasteiger partial charge on any atom is -0.619 e. The Bertz CT molecular complexity index is 2390. The molecule has 6 aromatic heterocycles. The van der Waals surface area contributed by atoms with Crippen molar-refractivity contribution in [1.82, 2.24) is 29.2 Å². The van der Waals surface area contributed by atoms with E-state index in [4.69, 9.17) is 9.97 Å². The molecule has 0 spiro atoms. The molecule has 0 saturated heterocycles. The number of pyridine rings is 2. The highest BCUT2D eigenvalue weighted by Gasteiger charge is 2.13. The minimum atomic E-state index is 0.508. The van der Waals surface area contributed by atoms with Crippen LogP contribution in [0.4, 0.5) is 11.6 Å². The number of nitrogens with zero attached hydrogens (tertiary/aromatic N) is 8. The van der Waals surface area contributed by atoms with Crippen LogP contribution in [0, 0.1) is 10.4 Å². The fourth-order valence-electron chi connectivity index (χ4n) is 5.19. The highest BCUT2D eigenvalue weighted by molar-refractivity contribution is 9.11. The van der Waals surface area contributed by atoms with Gasteiger partial charge in [0.1, 0.15) is 11.6 Å². The molecule has 0 radical (unpaired) electrons. The number of benzene rings is 2. The van der Waals surface area contributed by atoms with Gasteiger partial charge in [0.25, 0.3) is 0 Å². The Hall–Kier alpha value is -5.86. The fraction of sp³-hybridized carbons (Fsp3) is 0.0556. The molecule has 0 fully saturated rings. The zero-order valence-electron chi connectivity index (χ0n) is 26.3. The monoisotopic (exact) mass is 790 g/mol. The first-order chi connectivity index (χ1) is 24.4. The van der Waals surface area contributed by atoms with Gasteiger partial charge in [0.05, 0.1) is 32.7 Å². The Morgan fingerprint density at radius 2 is 1.08 bits per heavy atom. The maximum atomic E-state index is 11.4. The number of fused-ring (bicyclic) bond motifs is 2. The zero-order valence-corrected chi connectivity index (χ0v) is 29.4. The van der Waals surface area contributed by atoms with Crippen LogP contribution in [0.2, 0.25) is 0 Å². The molecule has 2 N–H and O–H groups in total. The van der Waals surface area contributed by atoms with Crippen LogP contribution in [0.5, 0.6) is 0 Å². The second-order valence-corrected chi connectivity index (χ2v) is 12.8. The Kier molecular flexibility index (Phi) is 9.62. The van der Waals surface area contributed by atoms with Gasteiger partial charge in [-0.25, -0.2) is 9.97 Å². The molecule has 0 atom stereocenters. The normalized spacial score (nSPS) is 10.9. The lowest BCUT2D eigenvalue weighted by molar-refractivity contribution is -0.605. The molecule has 0 aliphatic heterocycles. The van der Waals surface area contributed by atoms with Crippen LogP contribution in [0.1, 0.15) is 11.1 Å². The summed E-state index contributed by atoms with van der Waals surface area (Å²) in [5.74, 6) is 1.63. The first kappa shape index (κ1) is 32.7. The van der Waals surface area contributed by atoms with E-state index in [1.54, 1.807) is 45.8 Å². The van der Waals surface area contributed by atoms with Gasteiger partial charge in [0.2, 0.25) is 0 Å². The van der Waals surface area contributed by atoms with E-state index in [9.17, 15) is 10.4 Å². The van der Waals surface area contributed by atoms with Gasteiger partial charge in [-0.05, 0) is 43.5 Å². The highest BCUT2D eigenvalue weighted by atomic mass is 79.9. The molecule has 0 aliphatic carbocycles. The number of anilines is 2. The summed E-state index contributed by atoms with van der Waals surface area (Å²) in [6.45, 7) is 1.08. The molecule has 0 saturated carbocycles. The van der Waals surface area contributed by atoms with Gasteiger partial charge in [0.15, 0.2) is 36.1 Å². The standard InChI is InChI=1S/2C18H14BrN5O/c19-15-11-21-24-17(20-10-13-5-4-8-23(25)12-13)9-16(22-18(15)24)14-6-2-1-3-7-14;19-15-12-21-24-17(20-11-13-6-8-23(25)9-7-13)10-16(22-18(15)24)14-4-2-1-3-5-14/h1-9,11-12,20H,10H2;1-10,12,20H,11H2. The summed E-state index contributed by atoms with van der Waals surface area (Å²) < 4.78 is 6.72. The van der Waals surface area contributed by atoms with Crippen molar-refractivity contribution in [3.05, 3.63) is 165 Å². The van der Waals surface area contributed by atoms with E-state index < -0.39 is 0 Å². The van der Waals surface area contributed by atoms with Gasteiger partial charge in [0, 0.05) is 60.1 Å². The number of hydrogen-bond donors (Lipinski definition) is 2. The Balaban J connectivity index is 0.000000157. The predicted molar refractivity (Wildman–Crippen MR) is 198 cm³/mol. The Morgan fingerprint density at radius 1 is 0.580 bits per heavy atom. The quantitative estimate of drug-likeness (QED) is 0.127. The first-order valence-corrected chi connectivity index (χ1v) is 17.0. The molecule has 8 rings (SSSR count). The smallest absolute Gasteiger partial charge is 0.185 e. The van der Waals surface area contributed by atoms with E-state index in [-0.39, 0.29) is 0 Å². The third-order valence-corrected chi connectivity index (χ3v) is 8.77. The number of aromatic nitrogens is 8. The SMILES string of the molecule is [O-][n+]1ccc(CNc2cc(-c3ccccc3)nc3c(Br)cnn23)cc1.[O-][n+]1cccc(CNc2cc(-c3ccccc3)nc3c(Br)cnn23)c1. The molecule has 14 heteroatoms. The van der Waals surface area contributed by atoms with Crippen LogP contribution in [0.25, 0.3) is 33.8 Å². The minimum absolute atomic E-state index is 0.508. The molecule has 2 aromatic carbocycles. The van der Waals surface area contributed by atoms with E-state index in [1.165, 1.54) is 18.6 Å². The summed E-state index contributed by atoms with van der Waals surface area (Å²) in [6, 6.07) is 31.1. The van der Waals surface area contributed by atoms with Crippen molar-refractivity contribution >= 4 is 54.8 Å². The van der Waals surface area contributed by atoms with E-state index in [0.29, 0.717) is 13.1 Å². The summed E-state index contributed by atoms with van der Waals surface area (Å²) in [4.78, 5) is 9.40. The van der Waals surface area contributed by atoms with Gasteiger partial charge in [-0.2, -0.15) is 28.7 Å². The summed E-state index contributed by atoms with van der Waals surface area (Å²) in [5.41, 5.74) is 7.14. The maximum Gasteiger partial charge on any atom is 0.185 e. The maximum absolute atomic E-state index is 11.4. The van der Waals surface area contributed by atoms with Crippen LogP contribution >= 0.6 is 31.9 Å². The lowest BCUT2D eigenvalue weighted by Crippen LogP contribution is -2.25. The molecule has 8 aromatic rings. The fourth-order valence-corrected chi connectivity index (χ4v) is 5.89. The highest BCUT2D eigenvalue weighted by Crippen LogP contribution is 2.27. The molecule has 0 unspecified atom stereocenters. The molecule has 248 valence electrons. The number of rotatable bonds is 8. The summed E-state index contributed by atoms with van der Waals surface area (Å²) >= 11 is 7.00. The van der Waals surface area contributed by atoms with Crippen molar-refractivity contribution in [3.63, 3.8) is 0 Å². The summed E-state index contributed by atoms with van der Waals surface area (Å²) in [7, 11) is 0. The molecule has 50 heavy (non-hydrogen) atoms. The van der Waals surface area contributed by atoms with Crippen molar-refractivity contribution in [2.45, 2.75) is 13.1 Å². The third-order valence-electron chi connectivity index (χ3n) is 7.65. The molecular formula is C36H28Br2N10O2. The number of halogens is 2. The van der Waals surface area contributed by atoms with Crippen LogP contribution < -0.4 is 20.1 Å². The molecule has 6 heterocycles. The van der Waals surface area contributed by atoms with E-state index in [1.807, 2.05) is 78.9 Å². The van der Waals surface area contributed by atoms with Crippen molar-refractivity contribution in [2.75, 3.05) is 10.6 Å². The zero-order chi connectivity index (χ0) is 34.5. The first-order valence-electron chi connectivity index (χ1n) is 15.4. The van der Waals surface area contributed by atoms with Crippen LogP contribution in [-0.4, -0.2) is 29.2 Å². The van der Waals surface area contributed by atoms with Crippen LogP contribution in [-0.2, 0) is 13.1 Å². The lowest BCUT2D eigenvalue weighted by atomic mass is 10.1. The van der Waals surface area contributed by atoms with E-state index >= 15 is 0 Å². The molecule has 0 bridgehead atoms. The third kappa shape index (κ3) is 7.41. The Morgan fingerprint density at radius 3 is 1.58 bits per heavy atom. The molecular weight excluding hydrogens is 764 g/mol. The van der Waals surface area contributed by atoms with E-state index in [2.05, 4.69) is 52.7 Å². The van der Waals surface area contributed by atoms with Crippen LogP contribution in [0.15, 0.2) is 143 Å². The molecule has 12 nitrogen and oxygen atoms in total. The van der Waals surface area contributed by atoms with Crippen molar-refractivity contribution < 1.29 is 9.46 Å². The Labute approximate surface area is 303 Å². The number of nitrogens with one attached hydrogen (secondary N) is 2. The average molecular weight is 792 g/mol. The molecule has 0 amide bonds. The van der Waals surface area contributed by atoms with Crippen molar-refractivity contribution in [2.24, 2.45) is 0 Å². The second kappa shape index (κ2) is 14.7. The summed E-state index contributed by atoms with van der Waals surface area (Å²) in [6.07, 6.45) is 9.43. The van der Waals surface area contributed by atoms with Gasteiger partial charge in [-0.15, -0.1) is 0 Å². The topological polar surface area (TPSA) is 138 Å². The van der Waals surface area contributed by atoms with Crippen molar-refractivity contribution in [1.29, 1.82) is 0 Å². The van der Waals surface area contributed by atoms with Crippen molar-refractivity contribution in [3.8, 4) is 22.5 Å². The second-order valence-electron chi connectivity index (χ2n) is 11.1. The lowest BCUT2D eigenvalue weighted by Gasteiger charge is -2.11. The predicted octanol–water partition coefficient (Wildman–Crippen LogP) is 6.81. The average Bonchev–Trinajstić information content (AvgIpc) is 3.73.